The van der Waals surface area contributed by atoms with E-state index in [1.165, 1.54) is 23.0 Å². The van der Waals surface area contributed by atoms with Crippen molar-refractivity contribution in [2.45, 2.75) is 11.4 Å². The lowest BCUT2D eigenvalue weighted by Gasteiger charge is -2.13. The zero-order chi connectivity index (χ0) is 19.7. The van der Waals surface area contributed by atoms with Gasteiger partial charge in [-0.05, 0) is 48.2 Å². The minimum atomic E-state index is -0.146. The molecule has 6 heteroatoms. The molecule has 0 aliphatic rings. The lowest BCUT2D eigenvalue weighted by Crippen LogP contribution is -2.18. The Hall–Kier alpha value is -2.99. The lowest BCUT2D eigenvalue weighted by atomic mass is 10.2. The summed E-state index contributed by atoms with van der Waals surface area (Å²) in [4.78, 5) is 17.6. The first-order chi connectivity index (χ1) is 13.6. The summed E-state index contributed by atoms with van der Waals surface area (Å²) in [6.07, 6.45) is 7.57. The van der Waals surface area contributed by atoms with E-state index in [9.17, 15) is 4.79 Å². The highest BCUT2D eigenvalue weighted by molar-refractivity contribution is 7.98. The fourth-order valence-corrected chi connectivity index (χ4v) is 4.08. The van der Waals surface area contributed by atoms with Crippen molar-refractivity contribution in [1.29, 1.82) is 0 Å². The number of ether oxygens (including phenoxy) is 1. The van der Waals surface area contributed by atoms with Crippen molar-refractivity contribution in [1.82, 2.24) is 14.1 Å². The highest BCUT2D eigenvalue weighted by Crippen LogP contribution is 2.34. The Balaban J connectivity index is 1.98. The van der Waals surface area contributed by atoms with Gasteiger partial charge in [-0.15, -0.1) is 11.8 Å². The Bertz CT molecular complexity index is 1200. The van der Waals surface area contributed by atoms with Gasteiger partial charge < -0.3 is 13.9 Å². The molecule has 3 aromatic heterocycles. The predicted molar refractivity (Wildman–Crippen MR) is 114 cm³/mol. The summed E-state index contributed by atoms with van der Waals surface area (Å²) >= 11 is 1.73. The lowest BCUT2D eigenvalue weighted by molar-refractivity contribution is 0.405. The molecule has 0 amide bonds. The van der Waals surface area contributed by atoms with Crippen LogP contribution in [0.2, 0.25) is 0 Å². The number of benzene rings is 1. The highest BCUT2D eigenvalue weighted by atomic mass is 32.2. The van der Waals surface area contributed by atoms with E-state index in [1.807, 2.05) is 36.8 Å². The van der Waals surface area contributed by atoms with Crippen molar-refractivity contribution < 1.29 is 4.74 Å². The van der Waals surface area contributed by atoms with Crippen LogP contribution in [-0.2, 0) is 13.6 Å². The first-order valence-electron chi connectivity index (χ1n) is 8.92. The SMILES string of the molecule is COc1cc(-c2cc3c(SC)cccc3n2Cc2ccncc2)cn(C)c1=O. The maximum absolute atomic E-state index is 12.3. The predicted octanol–water partition coefficient (Wildman–Crippen LogP) is 4.18. The van der Waals surface area contributed by atoms with E-state index in [-0.39, 0.29) is 5.56 Å². The van der Waals surface area contributed by atoms with Crippen LogP contribution >= 0.6 is 11.8 Å². The average molecular weight is 391 g/mol. The maximum Gasteiger partial charge on any atom is 0.292 e. The van der Waals surface area contributed by atoms with E-state index >= 15 is 0 Å². The summed E-state index contributed by atoms with van der Waals surface area (Å²) in [5.74, 6) is 0.339. The first kappa shape index (κ1) is 18.4. The molecule has 142 valence electrons. The molecule has 0 spiro atoms. The largest absolute Gasteiger partial charge is 0.491 e. The summed E-state index contributed by atoms with van der Waals surface area (Å²) in [5.41, 5.74) is 4.16. The molecule has 0 saturated carbocycles. The van der Waals surface area contributed by atoms with E-state index in [4.69, 9.17) is 4.74 Å². The molecule has 0 bridgehead atoms. The number of fused-ring (bicyclic) bond motifs is 1. The Morgan fingerprint density at radius 2 is 1.93 bits per heavy atom. The number of hydrogen-bond acceptors (Lipinski definition) is 4. The Morgan fingerprint density at radius 3 is 2.64 bits per heavy atom. The van der Waals surface area contributed by atoms with Gasteiger partial charge in [-0.25, -0.2) is 0 Å². The van der Waals surface area contributed by atoms with Gasteiger partial charge in [-0.3, -0.25) is 9.78 Å². The normalized spacial score (nSPS) is 11.1. The van der Waals surface area contributed by atoms with Gasteiger partial charge >= 0.3 is 0 Å². The zero-order valence-electron chi connectivity index (χ0n) is 16.0. The van der Waals surface area contributed by atoms with Crippen LogP contribution in [0, 0.1) is 0 Å². The third kappa shape index (κ3) is 3.20. The molecule has 0 aliphatic heterocycles. The molecular formula is C22H21N3O2S. The number of aryl methyl sites for hydroxylation is 1. The first-order valence-corrected chi connectivity index (χ1v) is 10.1. The number of pyridine rings is 2. The monoisotopic (exact) mass is 391 g/mol. The van der Waals surface area contributed by atoms with Crippen LogP contribution in [0.4, 0.5) is 0 Å². The van der Waals surface area contributed by atoms with Gasteiger partial charge in [0.25, 0.3) is 5.56 Å². The molecule has 0 fully saturated rings. The number of methoxy groups -OCH3 is 1. The maximum atomic E-state index is 12.3. The molecule has 28 heavy (non-hydrogen) atoms. The van der Waals surface area contributed by atoms with Crippen LogP contribution < -0.4 is 10.3 Å². The van der Waals surface area contributed by atoms with Crippen LogP contribution in [-0.4, -0.2) is 27.5 Å². The molecule has 0 unspecified atom stereocenters. The molecule has 4 rings (SSSR count). The molecule has 0 N–H and O–H groups in total. The van der Waals surface area contributed by atoms with Crippen LogP contribution in [0.1, 0.15) is 5.56 Å². The van der Waals surface area contributed by atoms with E-state index in [0.717, 1.165) is 16.8 Å². The molecule has 0 saturated heterocycles. The van der Waals surface area contributed by atoms with Gasteiger partial charge in [0, 0.05) is 53.5 Å². The van der Waals surface area contributed by atoms with Crippen molar-refractivity contribution in [3.8, 4) is 17.0 Å². The molecule has 5 nitrogen and oxygen atoms in total. The topological polar surface area (TPSA) is 49.0 Å². The minimum absolute atomic E-state index is 0.146. The number of rotatable bonds is 5. The van der Waals surface area contributed by atoms with E-state index in [0.29, 0.717) is 12.3 Å². The van der Waals surface area contributed by atoms with Gasteiger partial charge in [0.05, 0.1) is 12.8 Å². The fourth-order valence-electron chi connectivity index (χ4n) is 3.48. The highest BCUT2D eigenvalue weighted by Gasteiger charge is 2.16. The van der Waals surface area contributed by atoms with Gasteiger partial charge in [-0.2, -0.15) is 0 Å². The van der Waals surface area contributed by atoms with Crippen molar-refractivity contribution in [2.24, 2.45) is 7.05 Å². The summed E-state index contributed by atoms with van der Waals surface area (Å²) in [6, 6.07) is 14.4. The Morgan fingerprint density at radius 1 is 1.14 bits per heavy atom. The number of nitrogens with zero attached hydrogens (tertiary/aromatic N) is 3. The number of hydrogen-bond donors (Lipinski definition) is 0. The fraction of sp³-hybridized carbons (Fsp3) is 0.182. The Labute approximate surface area is 167 Å². The smallest absolute Gasteiger partial charge is 0.292 e. The minimum Gasteiger partial charge on any atom is -0.491 e. The molecule has 0 radical (unpaired) electrons. The third-order valence-electron chi connectivity index (χ3n) is 4.88. The number of aromatic nitrogens is 3. The molecule has 3 heterocycles. The van der Waals surface area contributed by atoms with Crippen LogP contribution in [0.3, 0.4) is 0 Å². The molecule has 0 aliphatic carbocycles. The molecule has 4 aromatic rings. The van der Waals surface area contributed by atoms with Gasteiger partial charge in [0.15, 0.2) is 5.75 Å². The standard InChI is InChI=1S/C22H21N3O2S/c1-24-14-16(11-20(27-2)22(24)26)19-12-17-18(5-4-6-21(17)28-3)25(19)13-15-7-9-23-10-8-15/h4-12,14H,13H2,1-3H3. The van der Waals surface area contributed by atoms with E-state index in [1.54, 1.807) is 23.4 Å². The second kappa shape index (κ2) is 7.56. The van der Waals surface area contributed by atoms with Crippen LogP contribution in [0.25, 0.3) is 22.2 Å². The van der Waals surface area contributed by atoms with Crippen molar-refractivity contribution in [3.63, 3.8) is 0 Å². The second-order valence-corrected chi connectivity index (χ2v) is 7.43. The van der Waals surface area contributed by atoms with Crippen molar-refractivity contribution in [2.75, 3.05) is 13.4 Å². The number of thioether (sulfide) groups is 1. The summed E-state index contributed by atoms with van der Waals surface area (Å²) in [5, 5.41) is 1.20. The molecule has 1 aromatic carbocycles. The quantitative estimate of drug-likeness (QED) is 0.479. The molecular weight excluding hydrogens is 370 g/mol. The summed E-state index contributed by atoms with van der Waals surface area (Å²) in [6.45, 7) is 0.713. The van der Waals surface area contributed by atoms with Crippen LogP contribution in [0.15, 0.2) is 70.7 Å². The molecule has 0 atom stereocenters. The average Bonchev–Trinajstić information content (AvgIpc) is 3.09. The summed E-state index contributed by atoms with van der Waals surface area (Å²) < 4.78 is 9.16. The van der Waals surface area contributed by atoms with Crippen molar-refractivity contribution >= 4 is 22.7 Å². The zero-order valence-corrected chi connectivity index (χ0v) is 16.9. The van der Waals surface area contributed by atoms with Gasteiger partial charge in [0.1, 0.15) is 0 Å². The summed E-state index contributed by atoms with van der Waals surface area (Å²) in [7, 11) is 3.27. The van der Waals surface area contributed by atoms with E-state index in [2.05, 4.69) is 40.1 Å². The van der Waals surface area contributed by atoms with Crippen LogP contribution in [0.5, 0.6) is 5.75 Å². The van der Waals surface area contributed by atoms with Gasteiger partial charge in [0.2, 0.25) is 0 Å². The van der Waals surface area contributed by atoms with E-state index < -0.39 is 0 Å². The van der Waals surface area contributed by atoms with Crippen molar-refractivity contribution in [3.05, 3.63) is 77.0 Å². The second-order valence-electron chi connectivity index (χ2n) is 6.58. The van der Waals surface area contributed by atoms with Gasteiger partial charge in [-0.1, -0.05) is 6.07 Å². The third-order valence-corrected chi connectivity index (χ3v) is 5.68. The Kier molecular flexibility index (Phi) is 4.96.